The summed E-state index contributed by atoms with van der Waals surface area (Å²) in [4.78, 5) is 0. The molecule has 0 atom stereocenters. The van der Waals surface area contributed by atoms with Crippen LogP contribution in [-0.4, -0.2) is 26.0 Å². The molecule has 0 aliphatic heterocycles. The fourth-order valence-corrected chi connectivity index (χ4v) is 1.81. The number of sulfonamides is 1. The highest BCUT2D eigenvalue weighted by Crippen LogP contribution is 2.18. The molecule has 0 bridgehead atoms. The standard InChI is InChI=1S/C16H15NO2S/c1-17(20(2,18)19)13-12-14-8-10-16(11-9-14)15-6-4-3-5-7-15/h3-11H,1-2H3. The van der Waals surface area contributed by atoms with E-state index < -0.39 is 10.0 Å². The van der Waals surface area contributed by atoms with Crippen molar-refractivity contribution < 1.29 is 8.42 Å². The zero-order valence-electron chi connectivity index (χ0n) is 11.4. The van der Waals surface area contributed by atoms with Gasteiger partial charge in [0.15, 0.2) is 0 Å². The summed E-state index contributed by atoms with van der Waals surface area (Å²) in [6.07, 6.45) is 1.13. The zero-order valence-corrected chi connectivity index (χ0v) is 12.2. The Labute approximate surface area is 119 Å². The second-order valence-corrected chi connectivity index (χ2v) is 6.42. The predicted molar refractivity (Wildman–Crippen MR) is 81.4 cm³/mol. The molecule has 0 aliphatic carbocycles. The highest BCUT2D eigenvalue weighted by atomic mass is 32.2. The second kappa shape index (κ2) is 5.81. The van der Waals surface area contributed by atoms with Crippen molar-refractivity contribution in [1.29, 1.82) is 0 Å². The zero-order chi connectivity index (χ0) is 14.6. The van der Waals surface area contributed by atoms with E-state index in [1.54, 1.807) is 0 Å². The number of nitrogens with zero attached hydrogens (tertiary/aromatic N) is 1. The third-order valence-electron chi connectivity index (χ3n) is 2.85. The van der Waals surface area contributed by atoms with Gasteiger partial charge in [-0.3, -0.25) is 0 Å². The average molecular weight is 285 g/mol. The summed E-state index contributed by atoms with van der Waals surface area (Å²) in [5.41, 5.74) is 3.02. The summed E-state index contributed by atoms with van der Waals surface area (Å²) < 4.78 is 23.4. The van der Waals surface area contributed by atoms with Crippen molar-refractivity contribution in [2.75, 3.05) is 13.3 Å². The van der Waals surface area contributed by atoms with Crippen LogP contribution in [0.2, 0.25) is 0 Å². The van der Waals surface area contributed by atoms with Crippen LogP contribution in [-0.2, 0) is 10.0 Å². The number of hydrogen-bond acceptors (Lipinski definition) is 2. The first-order valence-corrected chi connectivity index (χ1v) is 7.93. The maximum absolute atomic E-state index is 11.2. The summed E-state index contributed by atoms with van der Waals surface area (Å²) in [6.45, 7) is 0. The van der Waals surface area contributed by atoms with Gasteiger partial charge in [-0.2, -0.15) is 0 Å². The van der Waals surface area contributed by atoms with Gasteiger partial charge in [0.1, 0.15) is 0 Å². The van der Waals surface area contributed by atoms with E-state index in [2.05, 4.69) is 12.0 Å². The molecule has 0 fully saturated rings. The van der Waals surface area contributed by atoms with Crippen LogP contribution in [0, 0.1) is 12.0 Å². The average Bonchev–Trinajstić information content (AvgIpc) is 2.45. The quantitative estimate of drug-likeness (QED) is 0.628. The fourth-order valence-electron chi connectivity index (χ4n) is 1.60. The molecule has 0 aliphatic rings. The monoisotopic (exact) mass is 285 g/mol. The predicted octanol–water partition coefficient (Wildman–Crippen LogP) is 2.55. The molecule has 0 heterocycles. The number of hydrogen-bond donors (Lipinski definition) is 0. The lowest BCUT2D eigenvalue weighted by atomic mass is 10.0. The molecule has 2 aromatic carbocycles. The molecule has 0 saturated carbocycles. The molecule has 3 nitrogen and oxygen atoms in total. The Balaban J connectivity index is 2.20. The molecule has 2 aromatic rings. The first kappa shape index (κ1) is 14.2. The van der Waals surface area contributed by atoms with Crippen LogP contribution >= 0.6 is 0 Å². The van der Waals surface area contributed by atoms with Crippen LogP contribution < -0.4 is 0 Å². The van der Waals surface area contributed by atoms with Gasteiger partial charge in [0.2, 0.25) is 10.0 Å². The molecule has 102 valence electrons. The van der Waals surface area contributed by atoms with E-state index in [0.29, 0.717) is 0 Å². The summed E-state index contributed by atoms with van der Waals surface area (Å²) >= 11 is 0. The fraction of sp³-hybridized carbons (Fsp3) is 0.125. The van der Waals surface area contributed by atoms with Gasteiger partial charge in [0, 0.05) is 18.7 Å². The van der Waals surface area contributed by atoms with Gasteiger partial charge >= 0.3 is 0 Å². The molecule has 0 amide bonds. The molecule has 0 saturated heterocycles. The molecule has 4 heteroatoms. The third kappa shape index (κ3) is 3.62. The molecular weight excluding hydrogens is 270 g/mol. The minimum absolute atomic E-state index is 0.778. The Kier molecular flexibility index (Phi) is 4.11. The van der Waals surface area contributed by atoms with E-state index in [4.69, 9.17) is 0 Å². The SMILES string of the molecule is CN(C#Cc1ccc(-c2ccccc2)cc1)S(C)(=O)=O. The number of benzene rings is 2. The maximum Gasteiger partial charge on any atom is 0.238 e. The van der Waals surface area contributed by atoms with Crippen LogP contribution in [0.4, 0.5) is 0 Å². The lowest BCUT2D eigenvalue weighted by molar-refractivity contribution is 0.554. The summed E-state index contributed by atoms with van der Waals surface area (Å²) in [5, 5.41) is 0. The summed E-state index contributed by atoms with van der Waals surface area (Å²) in [6, 6.07) is 20.3. The molecule has 0 aromatic heterocycles. The molecule has 0 unspecified atom stereocenters. The van der Waals surface area contributed by atoms with Gasteiger partial charge < -0.3 is 0 Å². The smallest absolute Gasteiger partial charge is 0.232 e. The molecule has 2 rings (SSSR count). The van der Waals surface area contributed by atoms with E-state index >= 15 is 0 Å². The van der Waals surface area contributed by atoms with Crippen molar-refractivity contribution in [2.45, 2.75) is 0 Å². The van der Waals surface area contributed by atoms with Gasteiger partial charge in [-0.05, 0) is 29.2 Å². The lowest BCUT2D eigenvalue weighted by Crippen LogP contribution is -2.19. The van der Waals surface area contributed by atoms with Crippen LogP contribution in [0.15, 0.2) is 54.6 Å². The highest BCUT2D eigenvalue weighted by Gasteiger charge is 2.04. The van der Waals surface area contributed by atoms with Crippen molar-refractivity contribution in [3.05, 3.63) is 60.2 Å². The first-order valence-electron chi connectivity index (χ1n) is 6.08. The molecule has 0 spiro atoms. The summed E-state index contributed by atoms with van der Waals surface area (Å²) in [7, 11) is -1.83. The van der Waals surface area contributed by atoms with Gasteiger partial charge in [-0.25, -0.2) is 12.7 Å². The van der Waals surface area contributed by atoms with Gasteiger partial charge in [0.25, 0.3) is 0 Å². The third-order valence-corrected chi connectivity index (χ3v) is 3.93. The number of rotatable bonds is 2. The van der Waals surface area contributed by atoms with E-state index in [0.717, 1.165) is 27.3 Å². The van der Waals surface area contributed by atoms with Crippen molar-refractivity contribution >= 4 is 10.0 Å². The van der Waals surface area contributed by atoms with Crippen LogP contribution in [0.5, 0.6) is 0 Å². The Morgan fingerprint density at radius 2 is 1.45 bits per heavy atom. The van der Waals surface area contributed by atoms with E-state index in [9.17, 15) is 8.42 Å². The molecule has 0 radical (unpaired) electrons. The van der Waals surface area contributed by atoms with E-state index in [1.165, 1.54) is 7.05 Å². The van der Waals surface area contributed by atoms with Gasteiger partial charge in [-0.15, -0.1) is 0 Å². The van der Waals surface area contributed by atoms with Gasteiger partial charge in [-0.1, -0.05) is 42.5 Å². The second-order valence-electron chi connectivity index (χ2n) is 4.41. The normalized spacial score (nSPS) is 10.5. The Morgan fingerprint density at radius 3 is 2.00 bits per heavy atom. The maximum atomic E-state index is 11.2. The van der Waals surface area contributed by atoms with Crippen LogP contribution in [0.1, 0.15) is 5.56 Å². The van der Waals surface area contributed by atoms with Crippen molar-refractivity contribution in [3.63, 3.8) is 0 Å². The lowest BCUT2D eigenvalue weighted by Gasteiger charge is -2.06. The first-order chi connectivity index (χ1) is 9.47. The van der Waals surface area contributed by atoms with Crippen LogP contribution in [0.25, 0.3) is 11.1 Å². The highest BCUT2D eigenvalue weighted by molar-refractivity contribution is 7.88. The van der Waals surface area contributed by atoms with Crippen molar-refractivity contribution in [1.82, 2.24) is 4.31 Å². The van der Waals surface area contributed by atoms with Crippen molar-refractivity contribution in [3.8, 4) is 23.1 Å². The minimum Gasteiger partial charge on any atom is -0.232 e. The largest absolute Gasteiger partial charge is 0.238 e. The van der Waals surface area contributed by atoms with E-state index in [-0.39, 0.29) is 0 Å². The molecule has 0 N–H and O–H groups in total. The van der Waals surface area contributed by atoms with E-state index in [1.807, 2.05) is 54.6 Å². The van der Waals surface area contributed by atoms with Crippen LogP contribution in [0.3, 0.4) is 0 Å². The molecular formula is C16H15NO2S. The summed E-state index contributed by atoms with van der Waals surface area (Å²) in [5.74, 6) is 2.83. The minimum atomic E-state index is -3.26. The van der Waals surface area contributed by atoms with Crippen molar-refractivity contribution in [2.24, 2.45) is 0 Å². The van der Waals surface area contributed by atoms with Gasteiger partial charge in [0.05, 0.1) is 6.26 Å². The Bertz CT molecular complexity index is 739. The Morgan fingerprint density at radius 1 is 0.900 bits per heavy atom. The molecule has 20 heavy (non-hydrogen) atoms. The topological polar surface area (TPSA) is 37.4 Å². The Hall–Kier alpha value is -2.25.